The Morgan fingerprint density at radius 1 is 0.926 bits per heavy atom. The Balaban J connectivity index is 0.000000941. The molecule has 1 aliphatic rings. The Morgan fingerprint density at radius 3 is 1.63 bits per heavy atom. The Bertz CT molecular complexity index is 331. The number of hydrogen-bond donors (Lipinski definition) is 2. The van der Waals surface area contributed by atoms with Gasteiger partial charge in [-0.1, -0.05) is 66.2 Å². The number of phosphoric ester groups is 1. The zero-order valence-corrected chi connectivity index (χ0v) is 19.0. The SMILES string of the molecule is C1COCCN1.CCCCC(CC)COP(=O)(O)OCC(CC)CCCC. The lowest BCUT2D eigenvalue weighted by Gasteiger charge is -2.20. The highest BCUT2D eigenvalue weighted by Gasteiger charge is 2.24. The molecule has 0 saturated carbocycles. The fraction of sp³-hybridized carbons (Fsp3) is 1.00. The van der Waals surface area contributed by atoms with Crippen molar-refractivity contribution in [1.82, 2.24) is 5.32 Å². The van der Waals surface area contributed by atoms with Crippen LogP contribution < -0.4 is 5.32 Å². The molecule has 0 spiro atoms. The van der Waals surface area contributed by atoms with Gasteiger partial charge in [0.2, 0.25) is 0 Å². The van der Waals surface area contributed by atoms with Gasteiger partial charge in [0.1, 0.15) is 0 Å². The van der Waals surface area contributed by atoms with Crippen LogP contribution in [0.15, 0.2) is 0 Å². The summed E-state index contributed by atoms with van der Waals surface area (Å²) >= 11 is 0. The van der Waals surface area contributed by atoms with E-state index in [1.165, 1.54) is 0 Å². The predicted octanol–water partition coefficient (Wildman–Crippen LogP) is 5.16. The zero-order valence-electron chi connectivity index (χ0n) is 18.1. The van der Waals surface area contributed by atoms with Crippen molar-refractivity contribution in [3.05, 3.63) is 0 Å². The zero-order chi connectivity index (χ0) is 20.4. The van der Waals surface area contributed by atoms with E-state index in [1.54, 1.807) is 0 Å². The van der Waals surface area contributed by atoms with Crippen LogP contribution in [0.3, 0.4) is 0 Å². The van der Waals surface area contributed by atoms with Crippen LogP contribution in [0.5, 0.6) is 0 Å². The topological polar surface area (TPSA) is 77.0 Å². The third-order valence-electron chi connectivity index (χ3n) is 4.88. The van der Waals surface area contributed by atoms with Crippen molar-refractivity contribution in [1.29, 1.82) is 0 Å². The number of ether oxygens (including phenoxy) is 1. The maximum Gasteiger partial charge on any atom is 0.472 e. The van der Waals surface area contributed by atoms with Crippen LogP contribution in [-0.4, -0.2) is 44.4 Å². The van der Waals surface area contributed by atoms with E-state index in [0.717, 1.165) is 77.7 Å². The first kappa shape index (κ1) is 27.0. The largest absolute Gasteiger partial charge is 0.472 e. The molecule has 0 bridgehead atoms. The number of hydrogen-bond acceptors (Lipinski definition) is 5. The molecule has 1 aliphatic heterocycles. The molecule has 0 aromatic heterocycles. The summed E-state index contributed by atoms with van der Waals surface area (Å²) in [7, 11) is -3.89. The van der Waals surface area contributed by atoms with Crippen LogP contribution in [0.4, 0.5) is 0 Å². The number of morpholine rings is 1. The summed E-state index contributed by atoms with van der Waals surface area (Å²) in [5.41, 5.74) is 0. The van der Waals surface area contributed by atoms with Crippen molar-refractivity contribution in [3.63, 3.8) is 0 Å². The van der Waals surface area contributed by atoms with E-state index in [4.69, 9.17) is 13.8 Å². The molecule has 0 aromatic carbocycles. The normalized spacial score (nSPS) is 18.9. The second-order valence-electron chi connectivity index (χ2n) is 7.26. The third-order valence-corrected chi connectivity index (χ3v) is 5.83. The molecule has 6 nitrogen and oxygen atoms in total. The van der Waals surface area contributed by atoms with Gasteiger partial charge in [0, 0.05) is 13.1 Å². The summed E-state index contributed by atoms with van der Waals surface area (Å²) in [5.74, 6) is 0.687. The minimum absolute atomic E-state index is 0.316. The molecule has 1 rings (SSSR count). The first-order chi connectivity index (χ1) is 13.0. The molecular weight excluding hydrogens is 365 g/mol. The lowest BCUT2D eigenvalue weighted by Crippen LogP contribution is -2.30. The maximum atomic E-state index is 11.9. The molecule has 27 heavy (non-hydrogen) atoms. The van der Waals surface area contributed by atoms with Crippen molar-refractivity contribution in [2.75, 3.05) is 39.5 Å². The molecule has 0 amide bonds. The third kappa shape index (κ3) is 16.7. The first-order valence-electron chi connectivity index (χ1n) is 10.9. The Morgan fingerprint density at radius 2 is 1.37 bits per heavy atom. The molecule has 1 heterocycles. The molecule has 0 radical (unpaired) electrons. The Labute approximate surface area is 167 Å². The molecule has 0 aliphatic carbocycles. The first-order valence-corrected chi connectivity index (χ1v) is 12.4. The molecule has 2 unspecified atom stereocenters. The van der Waals surface area contributed by atoms with Crippen molar-refractivity contribution < 1.29 is 23.2 Å². The summed E-state index contributed by atoms with van der Waals surface area (Å²) in [4.78, 5) is 9.77. The predicted molar refractivity (Wildman–Crippen MR) is 112 cm³/mol. The van der Waals surface area contributed by atoms with E-state index in [0.29, 0.717) is 25.0 Å². The van der Waals surface area contributed by atoms with Gasteiger partial charge in [0.15, 0.2) is 0 Å². The van der Waals surface area contributed by atoms with Crippen molar-refractivity contribution >= 4 is 7.82 Å². The summed E-state index contributed by atoms with van der Waals surface area (Å²) in [6.45, 7) is 12.9. The van der Waals surface area contributed by atoms with Crippen LogP contribution in [-0.2, 0) is 18.3 Å². The monoisotopic (exact) mass is 409 g/mol. The molecule has 0 aromatic rings. The van der Waals surface area contributed by atoms with E-state index in [2.05, 4.69) is 33.0 Å². The molecule has 1 saturated heterocycles. The Hall–Kier alpha value is 0.0300. The maximum absolute atomic E-state index is 11.9. The smallest absolute Gasteiger partial charge is 0.379 e. The van der Waals surface area contributed by atoms with E-state index >= 15 is 0 Å². The molecule has 1 fully saturated rings. The second-order valence-corrected chi connectivity index (χ2v) is 8.71. The number of nitrogens with one attached hydrogen (secondary N) is 1. The highest BCUT2D eigenvalue weighted by molar-refractivity contribution is 7.47. The molecule has 2 N–H and O–H groups in total. The van der Waals surface area contributed by atoms with Crippen LogP contribution >= 0.6 is 7.82 Å². The van der Waals surface area contributed by atoms with E-state index in [1.807, 2.05) is 0 Å². The summed E-state index contributed by atoms with van der Waals surface area (Å²) in [5, 5.41) is 3.16. The van der Waals surface area contributed by atoms with E-state index in [-0.39, 0.29) is 0 Å². The quantitative estimate of drug-likeness (QED) is 0.386. The summed E-state index contributed by atoms with van der Waals surface area (Å²) < 4.78 is 27.3. The van der Waals surface area contributed by atoms with Crippen LogP contribution in [0.2, 0.25) is 0 Å². The number of rotatable bonds is 14. The van der Waals surface area contributed by atoms with Crippen LogP contribution in [0, 0.1) is 11.8 Å². The van der Waals surface area contributed by atoms with Crippen molar-refractivity contribution in [2.45, 2.75) is 79.1 Å². The molecule has 2 atom stereocenters. The highest BCUT2D eigenvalue weighted by atomic mass is 31.2. The average molecular weight is 410 g/mol. The van der Waals surface area contributed by atoms with Gasteiger partial charge < -0.3 is 14.9 Å². The molecule has 164 valence electrons. The van der Waals surface area contributed by atoms with Crippen LogP contribution in [0.1, 0.15) is 79.1 Å². The van der Waals surface area contributed by atoms with Crippen LogP contribution in [0.25, 0.3) is 0 Å². The number of phosphoric acid groups is 1. The van der Waals surface area contributed by atoms with Gasteiger partial charge in [-0.3, -0.25) is 9.05 Å². The lowest BCUT2D eigenvalue weighted by molar-refractivity contribution is 0.109. The minimum atomic E-state index is -3.89. The number of unbranched alkanes of at least 4 members (excludes halogenated alkanes) is 2. The van der Waals surface area contributed by atoms with E-state index < -0.39 is 7.82 Å². The van der Waals surface area contributed by atoms with Gasteiger partial charge in [-0.2, -0.15) is 0 Å². The molecule has 7 heteroatoms. The van der Waals surface area contributed by atoms with Gasteiger partial charge in [0.25, 0.3) is 0 Å². The lowest BCUT2D eigenvalue weighted by atomic mass is 10.0. The summed E-state index contributed by atoms with van der Waals surface area (Å²) in [6, 6.07) is 0. The van der Waals surface area contributed by atoms with Gasteiger partial charge in [0.05, 0.1) is 26.4 Å². The Kier molecular flexibility index (Phi) is 18.1. The fourth-order valence-electron chi connectivity index (χ4n) is 2.75. The minimum Gasteiger partial charge on any atom is -0.379 e. The van der Waals surface area contributed by atoms with E-state index in [9.17, 15) is 9.46 Å². The van der Waals surface area contributed by atoms with Gasteiger partial charge in [-0.15, -0.1) is 0 Å². The summed E-state index contributed by atoms with van der Waals surface area (Å²) in [6.07, 6.45) is 8.56. The van der Waals surface area contributed by atoms with Gasteiger partial charge in [-0.25, -0.2) is 4.57 Å². The molecular formula is C20H44NO5P. The fourth-order valence-corrected chi connectivity index (χ4v) is 3.62. The van der Waals surface area contributed by atoms with Gasteiger partial charge >= 0.3 is 7.82 Å². The standard InChI is InChI=1S/C16H35O4P.C4H9NO/c1-5-9-11-15(7-3)13-19-21(17,18)20-14-16(8-4)12-10-6-2;1-3-6-4-2-5-1/h15-16H,5-14H2,1-4H3,(H,17,18);5H,1-4H2. The van der Waals surface area contributed by atoms with Crippen molar-refractivity contribution in [3.8, 4) is 0 Å². The average Bonchev–Trinajstić information content (AvgIpc) is 2.70. The second kappa shape index (κ2) is 18.1. The van der Waals surface area contributed by atoms with Crippen molar-refractivity contribution in [2.24, 2.45) is 11.8 Å². The highest BCUT2D eigenvalue weighted by Crippen LogP contribution is 2.44. The van der Waals surface area contributed by atoms with Gasteiger partial charge in [-0.05, 0) is 24.7 Å².